The Kier molecular flexibility index (Phi) is 3.24. The summed E-state index contributed by atoms with van der Waals surface area (Å²) < 4.78 is 0. The minimum Gasteiger partial charge on any atom is -0.478 e. The SMILES string of the molecule is O=C(O)c1ccc(CCP)cc1. The first-order chi connectivity index (χ1) is 5.74. The molecule has 0 amide bonds. The van der Waals surface area contributed by atoms with E-state index in [1.807, 2.05) is 12.1 Å². The highest BCUT2D eigenvalue weighted by molar-refractivity contribution is 7.16. The van der Waals surface area contributed by atoms with E-state index in [2.05, 4.69) is 9.24 Å². The molecule has 3 heteroatoms. The quantitative estimate of drug-likeness (QED) is 0.723. The first-order valence-corrected chi connectivity index (χ1v) is 4.58. The van der Waals surface area contributed by atoms with E-state index < -0.39 is 5.97 Å². The highest BCUT2D eigenvalue weighted by Crippen LogP contribution is 2.05. The van der Waals surface area contributed by atoms with Crippen molar-refractivity contribution >= 4 is 15.2 Å². The van der Waals surface area contributed by atoms with Gasteiger partial charge in [0.05, 0.1) is 5.56 Å². The van der Waals surface area contributed by atoms with Crippen LogP contribution in [0.1, 0.15) is 15.9 Å². The molecular weight excluding hydrogens is 171 g/mol. The van der Waals surface area contributed by atoms with Crippen LogP contribution in [0.5, 0.6) is 0 Å². The van der Waals surface area contributed by atoms with Gasteiger partial charge >= 0.3 is 5.97 Å². The van der Waals surface area contributed by atoms with Gasteiger partial charge in [0.2, 0.25) is 0 Å². The fraction of sp³-hybridized carbons (Fsp3) is 0.222. The van der Waals surface area contributed by atoms with Crippen molar-refractivity contribution in [1.82, 2.24) is 0 Å². The van der Waals surface area contributed by atoms with Crippen LogP contribution in [-0.4, -0.2) is 17.2 Å². The zero-order valence-corrected chi connectivity index (χ0v) is 7.81. The second kappa shape index (κ2) is 4.22. The number of hydrogen-bond donors (Lipinski definition) is 1. The number of aromatic carboxylic acids is 1. The third kappa shape index (κ3) is 2.31. The lowest BCUT2D eigenvalue weighted by atomic mass is 10.1. The van der Waals surface area contributed by atoms with Crippen molar-refractivity contribution in [3.8, 4) is 0 Å². The first-order valence-electron chi connectivity index (χ1n) is 3.76. The van der Waals surface area contributed by atoms with E-state index in [0.717, 1.165) is 12.6 Å². The molecule has 0 spiro atoms. The molecule has 0 saturated heterocycles. The summed E-state index contributed by atoms with van der Waals surface area (Å²) in [6, 6.07) is 6.98. The van der Waals surface area contributed by atoms with E-state index in [4.69, 9.17) is 5.11 Å². The fourth-order valence-electron chi connectivity index (χ4n) is 0.981. The highest BCUT2D eigenvalue weighted by atomic mass is 31.0. The molecule has 12 heavy (non-hydrogen) atoms. The van der Waals surface area contributed by atoms with E-state index in [-0.39, 0.29) is 0 Å². The Morgan fingerprint density at radius 1 is 1.33 bits per heavy atom. The van der Waals surface area contributed by atoms with Gasteiger partial charge in [-0.15, -0.1) is 9.24 Å². The van der Waals surface area contributed by atoms with Crippen molar-refractivity contribution in [3.05, 3.63) is 35.4 Å². The van der Waals surface area contributed by atoms with E-state index in [1.165, 1.54) is 5.56 Å². The molecule has 2 nitrogen and oxygen atoms in total. The molecule has 1 N–H and O–H groups in total. The maximum absolute atomic E-state index is 10.5. The van der Waals surface area contributed by atoms with Crippen LogP contribution < -0.4 is 0 Å². The molecule has 0 radical (unpaired) electrons. The molecule has 1 aromatic carbocycles. The van der Waals surface area contributed by atoms with E-state index in [9.17, 15) is 4.79 Å². The average Bonchev–Trinajstić information content (AvgIpc) is 2.06. The molecule has 0 aromatic heterocycles. The molecule has 0 aliphatic rings. The summed E-state index contributed by atoms with van der Waals surface area (Å²) in [4.78, 5) is 10.5. The summed E-state index contributed by atoms with van der Waals surface area (Å²) >= 11 is 0. The predicted molar refractivity (Wildman–Crippen MR) is 51.7 cm³/mol. The summed E-state index contributed by atoms with van der Waals surface area (Å²) in [7, 11) is 2.64. The third-order valence-corrected chi connectivity index (χ3v) is 1.92. The fourth-order valence-corrected chi connectivity index (χ4v) is 1.31. The van der Waals surface area contributed by atoms with Crippen LogP contribution in [0.2, 0.25) is 0 Å². The predicted octanol–water partition coefficient (Wildman–Crippen LogP) is 1.80. The van der Waals surface area contributed by atoms with Crippen LogP contribution in [0, 0.1) is 0 Å². The summed E-state index contributed by atoms with van der Waals surface area (Å²) in [5.74, 6) is -0.868. The van der Waals surface area contributed by atoms with Crippen LogP contribution in [0.4, 0.5) is 0 Å². The summed E-state index contributed by atoms with van der Waals surface area (Å²) in [6.07, 6.45) is 1.98. The van der Waals surface area contributed by atoms with Gasteiger partial charge in [0.15, 0.2) is 0 Å². The van der Waals surface area contributed by atoms with Gasteiger partial charge in [0.1, 0.15) is 0 Å². The molecule has 0 aliphatic heterocycles. The lowest BCUT2D eigenvalue weighted by Crippen LogP contribution is -1.96. The van der Waals surface area contributed by atoms with Crippen LogP contribution in [0.3, 0.4) is 0 Å². The van der Waals surface area contributed by atoms with Crippen molar-refractivity contribution in [2.24, 2.45) is 0 Å². The summed E-state index contributed by atoms with van der Waals surface area (Å²) in [5.41, 5.74) is 1.53. The Labute approximate surface area is 73.8 Å². The Morgan fingerprint density at radius 2 is 1.92 bits per heavy atom. The lowest BCUT2D eigenvalue weighted by molar-refractivity contribution is 0.0697. The third-order valence-electron chi connectivity index (χ3n) is 1.63. The largest absolute Gasteiger partial charge is 0.478 e. The van der Waals surface area contributed by atoms with E-state index in [1.54, 1.807) is 12.1 Å². The van der Waals surface area contributed by atoms with Crippen LogP contribution in [-0.2, 0) is 6.42 Å². The van der Waals surface area contributed by atoms with Crippen LogP contribution in [0.25, 0.3) is 0 Å². The highest BCUT2D eigenvalue weighted by Gasteiger charge is 2.00. The van der Waals surface area contributed by atoms with Crippen LogP contribution in [0.15, 0.2) is 24.3 Å². The maximum atomic E-state index is 10.5. The smallest absolute Gasteiger partial charge is 0.335 e. The van der Waals surface area contributed by atoms with Crippen LogP contribution >= 0.6 is 9.24 Å². The van der Waals surface area contributed by atoms with Crippen molar-refractivity contribution in [1.29, 1.82) is 0 Å². The Balaban J connectivity index is 2.78. The number of hydrogen-bond acceptors (Lipinski definition) is 1. The second-order valence-corrected chi connectivity index (χ2v) is 3.12. The molecule has 64 valence electrons. The second-order valence-electron chi connectivity index (χ2n) is 2.54. The van der Waals surface area contributed by atoms with Gasteiger partial charge in [-0.25, -0.2) is 4.79 Å². The summed E-state index contributed by atoms with van der Waals surface area (Å²) in [6.45, 7) is 0. The standard InChI is InChI=1S/C9H11O2P/c10-9(11)8-3-1-7(2-4-8)5-6-12/h1-4H,5-6,12H2,(H,10,11). The normalized spacial score (nSPS) is 9.75. The minimum atomic E-state index is -0.868. The number of aryl methyl sites for hydroxylation is 1. The number of benzene rings is 1. The molecule has 1 rings (SSSR count). The molecular formula is C9H11O2P. The molecule has 0 aliphatic carbocycles. The topological polar surface area (TPSA) is 37.3 Å². The Bertz CT molecular complexity index is 266. The first kappa shape index (κ1) is 9.21. The van der Waals surface area contributed by atoms with Gasteiger partial charge < -0.3 is 5.11 Å². The molecule has 1 atom stereocenters. The maximum Gasteiger partial charge on any atom is 0.335 e. The van der Waals surface area contributed by atoms with E-state index in [0.29, 0.717) is 5.56 Å². The lowest BCUT2D eigenvalue weighted by Gasteiger charge is -1.98. The number of rotatable bonds is 3. The van der Waals surface area contributed by atoms with Gasteiger partial charge in [-0.3, -0.25) is 0 Å². The van der Waals surface area contributed by atoms with Crippen molar-refractivity contribution in [2.75, 3.05) is 6.16 Å². The average molecular weight is 182 g/mol. The molecule has 0 bridgehead atoms. The zero-order valence-electron chi connectivity index (χ0n) is 6.66. The molecule has 0 saturated carbocycles. The monoisotopic (exact) mass is 182 g/mol. The van der Waals surface area contributed by atoms with Crippen molar-refractivity contribution in [2.45, 2.75) is 6.42 Å². The van der Waals surface area contributed by atoms with Gasteiger partial charge in [0.25, 0.3) is 0 Å². The van der Waals surface area contributed by atoms with Gasteiger partial charge in [-0.05, 0) is 30.3 Å². The molecule has 1 unspecified atom stereocenters. The molecule has 0 heterocycles. The summed E-state index contributed by atoms with van der Waals surface area (Å²) in [5, 5.41) is 8.60. The Hall–Kier alpha value is -0.880. The van der Waals surface area contributed by atoms with Gasteiger partial charge in [-0.1, -0.05) is 12.1 Å². The number of carboxylic acid groups (broad SMARTS) is 1. The van der Waals surface area contributed by atoms with Crippen molar-refractivity contribution < 1.29 is 9.90 Å². The number of carbonyl (C=O) groups is 1. The number of carboxylic acids is 1. The zero-order chi connectivity index (χ0) is 8.97. The van der Waals surface area contributed by atoms with Crippen molar-refractivity contribution in [3.63, 3.8) is 0 Å². The van der Waals surface area contributed by atoms with Gasteiger partial charge in [-0.2, -0.15) is 0 Å². The molecule has 1 aromatic rings. The molecule has 0 fully saturated rings. The minimum absolute atomic E-state index is 0.350. The Morgan fingerprint density at radius 3 is 2.33 bits per heavy atom. The van der Waals surface area contributed by atoms with E-state index >= 15 is 0 Å². The van der Waals surface area contributed by atoms with Gasteiger partial charge in [0, 0.05) is 0 Å².